The Morgan fingerprint density at radius 2 is 1.77 bits per heavy atom. The van der Waals surface area contributed by atoms with E-state index in [9.17, 15) is 13.2 Å². The molecule has 2 heterocycles. The minimum atomic E-state index is -3.31. The van der Waals surface area contributed by atoms with Gasteiger partial charge in [-0.05, 0) is 30.7 Å². The summed E-state index contributed by atoms with van der Waals surface area (Å²) < 4.78 is 31.5. The van der Waals surface area contributed by atoms with Crippen molar-refractivity contribution in [2.24, 2.45) is 0 Å². The molecule has 1 aliphatic rings. The average molecular weight is 377 g/mol. The second-order valence-electron chi connectivity index (χ2n) is 6.12. The third-order valence-electron chi connectivity index (χ3n) is 4.36. The number of furan rings is 1. The fourth-order valence-electron chi connectivity index (χ4n) is 2.94. The van der Waals surface area contributed by atoms with Gasteiger partial charge in [0.05, 0.1) is 12.0 Å². The van der Waals surface area contributed by atoms with Gasteiger partial charge >= 0.3 is 0 Å². The predicted octanol–water partition coefficient (Wildman–Crippen LogP) is 1.55. The number of hydrogen-bond donors (Lipinski definition) is 1. The number of carbonyl (C=O) groups is 1. The zero-order chi connectivity index (χ0) is 18.4. The summed E-state index contributed by atoms with van der Waals surface area (Å²) in [7, 11) is -3.31. The Balaban J connectivity index is 1.42. The maximum Gasteiger partial charge on any atom is 0.286 e. The van der Waals surface area contributed by atoms with Crippen LogP contribution < -0.4 is 10.2 Å². The number of nitrogens with zero attached hydrogens (tertiary/aromatic N) is 2. The summed E-state index contributed by atoms with van der Waals surface area (Å²) in [6, 6.07) is 13.2. The topological polar surface area (TPSA) is 82.9 Å². The summed E-state index contributed by atoms with van der Waals surface area (Å²) in [5.74, 6) is -0.0784. The van der Waals surface area contributed by atoms with Gasteiger partial charge in [-0.1, -0.05) is 18.2 Å². The standard InChI is InChI=1S/C18H23N3O4S/c22-18(17-8-4-14-25-17)19-9-5-15-26(23,24)21-12-10-20(11-13-21)16-6-2-1-3-7-16/h1-4,6-8,14H,5,9-13,15H2,(H,19,22). The summed E-state index contributed by atoms with van der Waals surface area (Å²) in [5, 5.41) is 2.67. The Morgan fingerprint density at radius 3 is 2.42 bits per heavy atom. The van der Waals surface area contributed by atoms with Crippen LogP contribution in [0, 0.1) is 0 Å². The van der Waals surface area contributed by atoms with Gasteiger partial charge in [-0.25, -0.2) is 8.42 Å². The minimum absolute atomic E-state index is 0.0246. The van der Waals surface area contributed by atoms with Crippen molar-refractivity contribution in [2.45, 2.75) is 6.42 Å². The molecule has 1 aliphatic heterocycles. The van der Waals surface area contributed by atoms with Crippen LogP contribution in [0.15, 0.2) is 53.1 Å². The highest BCUT2D eigenvalue weighted by Crippen LogP contribution is 2.17. The first-order valence-electron chi connectivity index (χ1n) is 8.66. The summed E-state index contributed by atoms with van der Waals surface area (Å²) in [5.41, 5.74) is 1.12. The Morgan fingerprint density at radius 1 is 1.04 bits per heavy atom. The molecule has 1 aromatic heterocycles. The lowest BCUT2D eigenvalue weighted by atomic mass is 10.2. The Bertz CT molecular complexity index is 798. The maximum absolute atomic E-state index is 12.5. The van der Waals surface area contributed by atoms with Gasteiger partial charge in [-0.2, -0.15) is 4.31 Å². The van der Waals surface area contributed by atoms with Gasteiger partial charge in [0.1, 0.15) is 0 Å². The quantitative estimate of drug-likeness (QED) is 0.741. The molecule has 140 valence electrons. The number of sulfonamides is 1. The molecular weight excluding hydrogens is 354 g/mol. The van der Waals surface area contributed by atoms with E-state index >= 15 is 0 Å². The first kappa shape index (κ1) is 18.5. The van der Waals surface area contributed by atoms with Gasteiger partial charge in [0.25, 0.3) is 5.91 Å². The number of rotatable bonds is 7. The molecule has 0 atom stereocenters. The van der Waals surface area contributed by atoms with Crippen LogP contribution in [0.25, 0.3) is 0 Å². The van der Waals surface area contributed by atoms with Crippen molar-refractivity contribution in [3.05, 3.63) is 54.5 Å². The number of benzene rings is 1. The molecule has 1 aromatic carbocycles. The molecule has 8 heteroatoms. The van der Waals surface area contributed by atoms with Gasteiger partial charge in [-0.3, -0.25) is 4.79 Å². The molecule has 3 rings (SSSR count). The van der Waals surface area contributed by atoms with E-state index in [1.54, 1.807) is 16.4 Å². The van der Waals surface area contributed by atoms with Gasteiger partial charge < -0.3 is 14.6 Å². The Hall–Kier alpha value is -2.32. The summed E-state index contributed by atoms with van der Waals surface area (Å²) >= 11 is 0. The third-order valence-corrected chi connectivity index (χ3v) is 6.32. The number of nitrogens with one attached hydrogen (secondary N) is 1. The van der Waals surface area contributed by atoms with Crippen molar-refractivity contribution in [1.29, 1.82) is 0 Å². The molecule has 0 unspecified atom stereocenters. The molecule has 0 saturated carbocycles. The van der Waals surface area contributed by atoms with Crippen LogP contribution in [0.1, 0.15) is 17.0 Å². The lowest BCUT2D eigenvalue weighted by molar-refractivity contribution is 0.0926. The Labute approximate surface area is 153 Å². The number of amides is 1. The zero-order valence-electron chi connectivity index (χ0n) is 14.5. The second kappa shape index (κ2) is 8.37. The van der Waals surface area contributed by atoms with Crippen LogP contribution in [0.3, 0.4) is 0 Å². The Kier molecular flexibility index (Phi) is 5.95. The van der Waals surface area contributed by atoms with E-state index in [0.29, 0.717) is 39.1 Å². The van der Waals surface area contributed by atoms with Crippen molar-refractivity contribution in [2.75, 3.05) is 43.4 Å². The van der Waals surface area contributed by atoms with Crippen molar-refractivity contribution in [1.82, 2.24) is 9.62 Å². The van der Waals surface area contributed by atoms with Crippen LogP contribution in [-0.4, -0.2) is 57.1 Å². The second-order valence-corrected chi connectivity index (χ2v) is 8.21. The van der Waals surface area contributed by atoms with Gasteiger partial charge in [0.15, 0.2) is 5.76 Å². The number of carbonyl (C=O) groups excluding carboxylic acids is 1. The van der Waals surface area contributed by atoms with E-state index in [1.165, 1.54) is 6.26 Å². The number of anilines is 1. The zero-order valence-corrected chi connectivity index (χ0v) is 15.3. The van der Waals surface area contributed by atoms with Crippen LogP contribution >= 0.6 is 0 Å². The molecule has 2 aromatic rings. The van der Waals surface area contributed by atoms with E-state index in [2.05, 4.69) is 10.2 Å². The van der Waals surface area contributed by atoms with E-state index in [-0.39, 0.29) is 17.4 Å². The molecule has 0 bridgehead atoms. The minimum Gasteiger partial charge on any atom is -0.459 e. The van der Waals surface area contributed by atoms with Crippen molar-refractivity contribution in [3.63, 3.8) is 0 Å². The number of piperazine rings is 1. The molecule has 1 amide bonds. The van der Waals surface area contributed by atoms with E-state index < -0.39 is 10.0 Å². The van der Waals surface area contributed by atoms with E-state index in [0.717, 1.165) is 5.69 Å². The smallest absolute Gasteiger partial charge is 0.286 e. The molecule has 0 spiro atoms. The first-order valence-corrected chi connectivity index (χ1v) is 10.3. The number of hydrogen-bond acceptors (Lipinski definition) is 5. The van der Waals surface area contributed by atoms with Gasteiger partial charge in [-0.15, -0.1) is 0 Å². The average Bonchev–Trinajstić information content (AvgIpc) is 3.21. The summed E-state index contributed by atoms with van der Waals surface area (Å²) in [6.07, 6.45) is 1.79. The molecule has 0 aliphatic carbocycles. The third kappa shape index (κ3) is 4.64. The van der Waals surface area contributed by atoms with Crippen molar-refractivity contribution >= 4 is 21.6 Å². The van der Waals surface area contributed by atoms with Crippen LogP contribution in [0.5, 0.6) is 0 Å². The van der Waals surface area contributed by atoms with E-state index in [1.807, 2.05) is 30.3 Å². The van der Waals surface area contributed by atoms with Crippen LogP contribution in [0.4, 0.5) is 5.69 Å². The van der Waals surface area contributed by atoms with Crippen molar-refractivity contribution in [3.8, 4) is 0 Å². The first-order chi connectivity index (χ1) is 12.6. The highest BCUT2D eigenvalue weighted by molar-refractivity contribution is 7.89. The summed E-state index contributed by atoms with van der Waals surface area (Å²) in [4.78, 5) is 13.9. The van der Waals surface area contributed by atoms with Crippen LogP contribution in [-0.2, 0) is 10.0 Å². The monoisotopic (exact) mass is 377 g/mol. The lowest BCUT2D eigenvalue weighted by Gasteiger charge is -2.35. The lowest BCUT2D eigenvalue weighted by Crippen LogP contribution is -2.49. The summed E-state index contributed by atoms with van der Waals surface area (Å²) in [6.45, 7) is 2.62. The maximum atomic E-state index is 12.5. The van der Waals surface area contributed by atoms with Crippen molar-refractivity contribution < 1.29 is 17.6 Å². The van der Waals surface area contributed by atoms with Gasteiger partial charge in [0, 0.05) is 38.4 Å². The predicted molar refractivity (Wildman–Crippen MR) is 99.7 cm³/mol. The molecular formula is C18H23N3O4S. The molecule has 1 N–H and O–H groups in total. The fraction of sp³-hybridized carbons (Fsp3) is 0.389. The molecule has 0 radical (unpaired) electrons. The molecule has 7 nitrogen and oxygen atoms in total. The van der Waals surface area contributed by atoms with Gasteiger partial charge in [0.2, 0.25) is 10.0 Å². The largest absolute Gasteiger partial charge is 0.459 e. The molecule has 1 fully saturated rings. The van der Waals surface area contributed by atoms with E-state index in [4.69, 9.17) is 4.42 Å². The SMILES string of the molecule is O=C(NCCCS(=O)(=O)N1CCN(c2ccccc2)CC1)c1ccco1. The fourth-order valence-corrected chi connectivity index (χ4v) is 4.43. The highest BCUT2D eigenvalue weighted by Gasteiger charge is 2.26. The molecule has 1 saturated heterocycles. The molecule has 26 heavy (non-hydrogen) atoms. The number of para-hydroxylation sites is 1. The highest BCUT2D eigenvalue weighted by atomic mass is 32.2. The van der Waals surface area contributed by atoms with Crippen LogP contribution in [0.2, 0.25) is 0 Å². The normalized spacial score (nSPS) is 15.8.